The van der Waals surface area contributed by atoms with Crippen LogP contribution in [0.5, 0.6) is 0 Å². The molecule has 0 saturated heterocycles. The summed E-state index contributed by atoms with van der Waals surface area (Å²) in [5, 5.41) is 2.83. The van der Waals surface area contributed by atoms with Gasteiger partial charge in [0.05, 0.1) is 6.04 Å². The van der Waals surface area contributed by atoms with Gasteiger partial charge in [-0.3, -0.25) is 0 Å². The van der Waals surface area contributed by atoms with Crippen LogP contribution in [0.3, 0.4) is 0 Å². The zero-order valence-corrected chi connectivity index (χ0v) is 13.5. The lowest BCUT2D eigenvalue weighted by molar-refractivity contribution is 0.322. The molecule has 1 aromatic heterocycles. The molecule has 22 heavy (non-hydrogen) atoms. The fraction of sp³-hybridized carbons (Fsp3) is 0.222. The van der Waals surface area contributed by atoms with Crippen LogP contribution < -0.4 is 0 Å². The predicted octanol–water partition coefficient (Wildman–Crippen LogP) is 4.87. The number of nitrogens with zero attached hydrogens (tertiary/aromatic N) is 1. The molecule has 4 heteroatoms. The summed E-state index contributed by atoms with van der Waals surface area (Å²) in [4.78, 5) is 5.70. The first-order valence-electron chi connectivity index (χ1n) is 7.46. The minimum Gasteiger partial charge on any atom is -0.370 e. The van der Waals surface area contributed by atoms with Gasteiger partial charge in [-0.2, -0.15) is 0 Å². The van der Waals surface area contributed by atoms with Crippen molar-refractivity contribution in [1.29, 1.82) is 0 Å². The van der Waals surface area contributed by atoms with Crippen molar-refractivity contribution in [1.82, 2.24) is 9.88 Å². The SMILES string of the molecule is ClC1=CC2C=CN(CCc3c[nH]c4ccc(Cl)cc34)C2C=C1. The normalized spacial score (nSPS) is 23.2. The number of nitrogens with one attached hydrogen (secondary N) is 1. The van der Waals surface area contributed by atoms with Crippen molar-refractivity contribution >= 4 is 34.1 Å². The van der Waals surface area contributed by atoms with Gasteiger partial charge in [-0.15, -0.1) is 0 Å². The van der Waals surface area contributed by atoms with Crippen molar-refractivity contribution in [2.75, 3.05) is 6.54 Å². The highest BCUT2D eigenvalue weighted by atomic mass is 35.5. The largest absolute Gasteiger partial charge is 0.370 e. The first kappa shape index (κ1) is 14.0. The van der Waals surface area contributed by atoms with Crippen LogP contribution in [0.1, 0.15) is 5.56 Å². The maximum Gasteiger partial charge on any atom is 0.0569 e. The quantitative estimate of drug-likeness (QED) is 0.850. The molecular weight excluding hydrogens is 315 g/mol. The smallest absolute Gasteiger partial charge is 0.0569 e. The Labute approximate surface area is 139 Å². The Morgan fingerprint density at radius 2 is 2.09 bits per heavy atom. The molecule has 0 spiro atoms. The number of allylic oxidation sites excluding steroid dienone is 2. The summed E-state index contributed by atoms with van der Waals surface area (Å²) < 4.78 is 0. The van der Waals surface area contributed by atoms with Crippen molar-refractivity contribution in [2.24, 2.45) is 5.92 Å². The Kier molecular flexibility index (Phi) is 3.51. The Bertz CT molecular complexity index is 801. The molecule has 0 radical (unpaired) electrons. The third kappa shape index (κ3) is 2.47. The van der Waals surface area contributed by atoms with E-state index >= 15 is 0 Å². The summed E-state index contributed by atoms with van der Waals surface area (Å²) in [6, 6.07) is 6.38. The lowest BCUT2D eigenvalue weighted by Gasteiger charge is -2.28. The van der Waals surface area contributed by atoms with Crippen LogP contribution >= 0.6 is 23.2 Å². The topological polar surface area (TPSA) is 19.0 Å². The first-order valence-corrected chi connectivity index (χ1v) is 8.21. The summed E-state index contributed by atoms with van der Waals surface area (Å²) in [7, 11) is 0. The van der Waals surface area contributed by atoms with Crippen LogP contribution in [0, 0.1) is 5.92 Å². The van der Waals surface area contributed by atoms with Crippen LogP contribution in [0.25, 0.3) is 10.9 Å². The Hall–Kier alpha value is -1.64. The molecule has 2 aromatic rings. The number of aromatic amines is 1. The summed E-state index contributed by atoms with van der Waals surface area (Å²) in [6.45, 7) is 0.979. The zero-order valence-electron chi connectivity index (χ0n) is 12.0. The van der Waals surface area contributed by atoms with Crippen molar-refractivity contribution in [3.05, 3.63) is 70.5 Å². The van der Waals surface area contributed by atoms with Gasteiger partial charge in [0.15, 0.2) is 0 Å². The molecule has 2 aliphatic rings. The predicted molar refractivity (Wildman–Crippen MR) is 93.2 cm³/mol. The highest BCUT2D eigenvalue weighted by Crippen LogP contribution is 2.30. The monoisotopic (exact) mass is 330 g/mol. The number of hydrogen-bond acceptors (Lipinski definition) is 1. The Morgan fingerprint density at radius 3 is 3.00 bits per heavy atom. The molecule has 112 valence electrons. The average molecular weight is 331 g/mol. The Balaban J connectivity index is 1.50. The van der Waals surface area contributed by atoms with E-state index in [1.807, 2.05) is 24.3 Å². The van der Waals surface area contributed by atoms with E-state index in [0.717, 1.165) is 28.5 Å². The van der Waals surface area contributed by atoms with E-state index in [0.29, 0.717) is 12.0 Å². The fourth-order valence-electron chi connectivity index (χ4n) is 3.30. The summed E-state index contributed by atoms with van der Waals surface area (Å²) in [5.41, 5.74) is 2.45. The van der Waals surface area contributed by atoms with Gasteiger partial charge in [0, 0.05) is 39.6 Å². The number of benzene rings is 1. The van der Waals surface area contributed by atoms with Crippen molar-refractivity contribution in [3.63, 3.8) is 0 Å². The molecule has 0 amide bonds. The highest BCUT2D eigenvalue weighted by molar-refractivity contribution is 6.31. The lowest BCUT2D eigenvalue weighted by Crippen LogP contribution is -2.32. The van der Waals surface area contributed by atoms with Crippen molar-refractivity contribution in [3.8, 4) is 0 Å². The zero-order chi connectivity index (χ0) is 15.1. The molecule has 2 heterocycles. The van der Waals surface area contributed by atoms with E-state index in [1.54, 1.807) is 0 Å². The van der Waals surface area contributed by atoms with Gasteiger partial charge < -0.3 is 9.88 Å². The third-order valence-electron chi connectivity index (χ3n) is 4.45. The van der Waals surface area contributed by atoms with Crippen LogP contribution in [-0.4, -0.2) is 22.5 Å². The number of halogens is 2. The molecule has 0 bridgehead atoms. The maximum atomic E-state index is 6.12. The number of fused-ring (bicyclic) bond motifs is 2. The van der Waals surface area contributed by atoms with Crippen LogP contribution in [-0.2, 0) is 6.42 Å². The first-order chi connectivity index (χ1) is 10.7. The number of rotatable bonds is 3. The van der Waals surface area contributed by atoms with E-state index in [4.69, 9.17) is 23.2 Å². The summed E-state index contributed by atoms with van der Waals surface area (Å²) in [5.74, 6) is 0.398. The Morgan fingerprint density at radius 1 is 1.18 bits per heavy atom. The van der Waals surface area contributed by atoms with E-state index in [-0.39, 0.29) is 0 Å². The van der Waals surface area contributed by atoms with E-state index in [9.17, 15) is 0 Å². The molecule has 0 saturated carbocycles. The molecule has 1 aliphatic carbocycles. The van der Waals surface area contributed by atoms with E-state index in [1.165, 1.54) is 10.9 Å². The van der Waals surface area contributed by atoms with Crippen LogP contribution in [0.2, 0.25) is 5.02 Å². The number of aromatic nitrogens is 1. The second-order valence-electron chi connectivity index (χ2n) is 5.81. The van der Waals surface area contributed by atoms with E-state index in [2.05, 4.69) is 40.5 Å². The standard InChI is InChI=1S/C18H16Cl2N2/c19-14-2-4-18-12(9-14)5-7-22(18)8-6-13-11-21-17-3-1-15(20)10-16(13)17/h1-5,7,9-12,18,21H,6,8H2. The van der Waals surface area contributed by atoms with Crippen LogP contribution in [0.15, 0.2) is 59.9 Å². The second kappa shape index (κ2) is 5.53. The molecule has 0 fully saturated rings. The maximum absolute atomic E-state index is 6.12. The second-order valence-corrected chi connectivity index (χ2v) is 6.68. The van der Waals surface area contributed by atoms with Crippen molar-refractivity contribution < 1.29 is 0 Å². The highest BCUT2D eigenvalue weighted by Gasteiger charge is 2.27. The number of hydrogen-bond donors (Lipinski definition) is 1. The molecule has 2 nitrogen and oxygen atoms in total. The summed E-state index contributed by atoms with van der Waals surface area (Å²) in [6.07, 6.45) is 13.8. The van der Waals surface area contributed by atoms with E-state index < -0.39 is 0 Å². The minimum atomic E-state index is 0.398. The van der Waals surface area contributed by atoms with Crippen molar-refractivity contribution in [2.45, 2.75) is 12.5 Å². The van der Waals surface area contributed by atoms with Gasteiger partial charge in [0.2, 0.25) is 0 Å². The van der Waals surface area contributed by atoms with Crippen LogP contribution in [0.4, 0.5) is 0 Å². The van der Waals surface area contributed by atoms with Gasteiger partial charge in [0.25, 0.3) is 0 Å². The lowest BCUT2D eigenvalue weighted by atomic mass is 9.97. The molecule has 1 aliphatic heterocycles. The summed E-state index contributed by atoms with van der Waals surface area (Å²) >= 11 is 12.2. The number of H-pyrrole nitrogens is 1. The molecule has 1 aromatic carbocycles. The van der Waals surface area contributed by atoms with Gasteiger partial charge in [-0.05, 0) is 42.5 Å². The molecule has 2 unspecified atom stereocenters. The molecule has 1 N–H and O–H groups in total. The fourth-order valence-corrected chi connectivity index (χ4v) is 3.69. The molecule has 2 atom stereocenters. The van der Waals surface area contributed by atoms with Gasteiger partial charge in [-0.25, -0.2) is 0 Å². The molecule has 4 rings (SSSR count). The van der Waals surface area contributed by atoms with Gasteiger partial charge in [-0.1, -0.05) is 41.4 Å². The van der Waals surface area contributed by atoms with Gasteiger partial charge in [0.1, 0.15) is 0 Å². The average Bonchev–Trinajstić information content (AvgIpc) is 3.08. The third-order valence-corrected chi connectivity index (χ3v) is 4.94. The minimum absolute atomic E-state index is 0.398. The molecular formula is C18H16Cl2N2. The van der Waals surface area contributed by atoms with Gasteiger partial charge >= 0.3 is 0 Å².